The summed E-state index contributed by atoms with van der Waals surface area (Å²) in [4.78, 5) is 34.9. The zero-order chi connectivity index (χ0) is 35.3. The Hall–Kier alpha value is -4.81. The van der Waals surface area contributed by atoms with Gasteiger partial charge in [-0.2, -0.15) is 26.3 Å². The number of halogens is 6. The highest BCUT2D eigenvalue weighted by Gasteiger charge is 2.41. The lowest BCUT2D eigenvalue weighted by atomic mass is 9.90. The van der Waals surface area contributed by atoms with Gasteiger partial charge in [0.1, 0.15) is 5.60 Å². The summed E-state index contributed by atoms with van der Waals surface area (Å²) in [7, 11) is 0. The van der Waals surface area contributed by atoms with Crippen molar-refractivity contribution in [3.05, 3.63) is 107 Å². The van der Waals surface area contributed by atoms with Gasteiger partial charge in [0, 0.05) is 54.9 Å². The number of piperazine rings is 1. The topological polar surface area (TPSA) is 67.7 Å². The van der Waals surface area contributed by atoms with Gasteiger partial charge in [-0.15, -0.1) is 0 Å². The maximum absolute atomic E-state index is 14.1. The van der Waals surface area contributed by atoms with E-state index in [1.54, 1.807) is 57.6 Å². The molecule has 1 amide bonds. The minimum Gasteiger partial charge on any atom is -0.443 e. The predicted octanol–water partition coefficient (Wildman–Crippen LogP) is 8.43. The normalized spacial score (nSPS) is 18.7. The molecule has 0 unspecified atom stereocenters. The first kappa shape index (κ1) is 34.1. The van der Waals surface area contributed by atoms with Crippen LogP contribution in [-0.4, -0.2) is 62.1 Å². The third-order valence-corrected chi connectivity index (χ3v) is 8.79. The molecule has 2 aromatic carbocycles. The highest BCUT2D eigenvalue weighted by Crippen LogP contribution is 2.38. The number of hydrogen-bond acceptors (Lipinski definition) is 5. The fraction of sp³-hybridized carbons (Fsp3) is 0.361. The molecule has 0 spiro atoms. The van der Waals surface area contributed by atoms with E-state index in [-0.39, 0.29) is 31.6 Å². The summed E-state index contributed by atoms with van der Waals surface area (Å²) in [5.74, 6) is -0.930. The summed E-state index contributed by atoms with van der Waals surface area (Å²) in [5, 5.41) is 0.702. The molecule has 0 saturated carbocycles. The summed E-state index contributed by atoms with van der Waals surface area (Å²) in [6, 6.07) is 11.0. The Morgan fingerprint density at radius 3 is 2.18 bits per heavy atom. The lowest BCUT2D eigenvalue weighted by Crippen LogP contribution is -2.59. The number of nitrogens with zero attached hydrogens (tertiary/aromatic N) is 4. The Kier molecular flexibility index (Phi) is 8.74. The fourth-order valence-corrected chi connectivity index (χ4v) is 6.56. The number of para-hydroxylation sites is 1. The minimum atomic E-state index is -5.10. The number of benzene rings is 2. The van der Waals surface area contributed by atoms with Crippen molar-refractivity contribution in [1.29, 1.82) is 0 Å². The average Bonchev–Trinajstić information content (AvgIpc) is 3.41. The number of amides is 1. The van der Waals surface area contributed by atoms with Crippen molar-refractivity contribution in [3.63, 3.8) is 0 Å². The smallest absolute Gasteiger partial charge is 0.419 e. The number of allylic oxidation sites excluding steroid dienone is 1. The van der Waals surface area contributed by atoms with Crippen molar-refractivity contribution < 1.29 is 40.7 Å². The van der Waals surface area contributed by atoms with E-state index >= 15 is 0 Å². The van der Waals surface area contributed by atoms with Gasteiger partial charge in [-0.3, -0.25) is 14.3 Å². The van der Waals surface area contributed by atoms with Crippen LogP contribution in [0.3, 0.4) is 0 Å². The van der Waals surface area contributed by atoms with Gasteiger partial charge in [0.05, 0.1) is 22.7 Å². The molecule has 4 heterocycles. The Labute approximate surface area is 278 Å². The van der Waals surface area contributed by atoms with Crippen LogP contribution in [0, 0.1) is 0 Å². The van der Waals surface area contributed by atoms with Crippen LogP contribution >= 0.6 is 0 Å². The maximum atomic E-state index is 14.1. The first-order chi connectivity index (χ1) is 23.0. The van der Waals surface area contributed by atoms with E-state index in [0.717, 1.165) is 11.1 Å². The SMILES string of the molecule is CC(C)(C)OC(=O)n1cc(C[C@@H]2CN3C=C(c4ccncc4)CC[C@@H]3CN2C(=O)c2cc(C(F)(F)F)cc(C(F)(F)F)c2)c2ccccc21. The van der Waals surface area contributed by atoms with E-state index in [2.05, 4.69) is 9.88 Å². The number of fused-ring (bicyclic) bond motifs is 2. The van der Waals surface area contributed by atoms with Crippen LogP contribution in [0.5, 0.6) is 0 Å². The monoisotopic (exact) mass is 684 g/mol. The first-order valence-corrected chi connectivity index (χ1v) is 15.8. The Balaban J connectivity index is 1.41. The lowest BCUT2D eigenvalue weighted by Gasteiger charge is -2.48. The van der Waals surface area contributed by atoms with Gasteiger partial charge in [-0.1, -0.05) is 18.2 Å². The molecule has 2 atom stereocenters. The van der Waals surface area contributed by atoms with Crippen LogP contribution in [0.15, 0.2) is 79.4 Å². The molecule has 6 rings (SSSR count). The number of rotatable bonds is 4. The number of pyridine rings is 1. The molecule has 0 radical (unpaired) electrons. The molecule has 2 aliphatic rings. The zero-order valence-corrected chi connectivity index (χ0v) is 27.0. The van der Waals surface area contributed by atoms with Crippen molar-refractivity contribution in [2.75, 3.05) is 13.1 Å². The molecule has 2 aromatic heterocycles. The zero-order valence-electron chi connectivity index (χ0n) is 27.0. The second-order valence-corrected chi connectivity index (χ2v) is 13.4. The highest BCUT2D eigenvalue weighted by atomic mass is 19.4. The summed E-state index contributed by atoms with van der Waals surface area (Å²) in [6.07, 6.45) is -2.39. The molecule has 49 heavy (non-hydrogen) atoms. The molecule has 1 saturated heterocycles. The van der Waals surface area contributed by atoms with Crippen molar-refractivity contribution >= 4 is 28.5 Å². The van der Waals surface area contributed by atoms with Gasteiger partial charge in [0.15, 0.2) is 0 Å². The van der Waals surface area contributed by atoms with Crippen LogP contribution in [0.25, 0.3) is 16.5 Å². The van der Waals surface area contributed by atoms with Crippen molar-refractivity contribution in [1.82, 2.24) is 19.4 Å². The molecule has 0 N–H and O–H groups in total. The number of hydrogen-bond donors (Lipinski definition) is 0. The van der Waals surface area contributed by atoms with Gasteiger partial charge in [0.2, 0.25) is 0 Å². The standard InChI is InChI=1S/C36H34F6N4O3/c1-34(2,3)49-33(48)46-19-25(30-6-4-5-7-31(30)46)16-29-20-44-18-23(22-10-12-43-13-11-22)8-9-28(44)21-45(29)32(47)24-14-26(35(37,38)39)17-27(15-24)36(40,41)42/h4-7,10-15,17-19,28-29H,8-9,16,20-21H2,1-3H3/t28-,29-/m1/s1. The van der Waals surface area contributed by atoms with E-state index in [1.807, 2.05) is 24.4 Å². The number of carbonyl (C=O) groups excluding carboxylic acids is 2. The third kappa shape index (κ3) is 7.30. The molecule has 0 aliphatic carbocycles. The van der Waals surface area contributed by atoms with Crippen LogP contribution in [0.2, 0.25) is 0 Å². The van der Waals surface area contributed by atoms with E-state index < -0.39 is 52.7 Å². The first-order valence-electron chi connectivity index (χ1n) is 15.8. The molecule has 7 nitrogen and oxygen atoms in total. The van der Waals surface area contributed by atoms with E-state index in [9.17, 15) is 35.9 Å². The van der Waals surface area contributed by atoms with E-state index in [4.69, 9.17) is 4.74 Å². The highest BCUT2D eigenvalue weighted by molar-refractivity contribution is 5.95. The van der Waals surface area contributed by atoms with Crippen LogP contribution < -0.4 is 0 Å². The van der Waals surface area contributed by atoms with Gasteiger partial charge >= 0.3 is 18.4 Å². The minimum absolute atomic E-state index is 0.0181. The molecule has 13 heteroatoms. The Morgan fingerprint density at radius 1 is 0.898 bits per heavy atom. The largest absolute Gasteiger partial charge is 0.443 e. The second-order valence-electron chi connectivity index (χ2n) is 13.4. The third-order valence-electron chi connectivity index (χ3n) is 8.79. The van der Waals surface area contributed by atoms with Gasteiger partial charge in [0.25, 0.3) is 5.91 Å². The van der Waals surface area contributed by atoms with E-state index in [0.29, 0.717) is 41.4 Å². The molecule has 258 valence electrons. The van der Waals surface area contributed by atoms with Crippen molar-refractivity contribution in [2.45, 2.75) is 70.1 Å². The molecule has 0 bridgehead atoms. The summed E-state index contributed by atoms with van der Waals surface area (Å²) in [6.45, 7) is 5.55. The predicted molar refractivity (Wildman–Crippen MR) is 170 cm³/mol. The van der Waals surface area contributed by atoms with Gasteiger partial charge in [-0.25, -0.2) is 4.79 Å². The van der Waals surface area contributed by atoms with Gasteiger partial charge < -0.3 is 14.5 Å². The van der Waals surface area contributed by atoms with Crippen LogP contribution in [0.1, 0.15) is 66.2 Å². The second kappa shape index (κ2) is 12.6. The van der Waals surface area contributed by atoms with Gasteiger partial charge in [-0.05, 0) is 93.1 Å². The summed E-state index contributed by atoms with van der Waals surface area (Å²) >= 11 is 0. The Morgan fingerprint density at radius 2 is 1.55 bits per heavy atom. The number of ether oxygens (including phenoxy) is 1. The molecule has 4 aromatic rings. The lowest BCUT2D eigenvalue weighted by molar-refractivity contribution is -0.143. The summed E-state index contributed by atoms with van der Waals surface area (Å²) < 4.78 is 89.6. The van der Waals surface area contributed by atoms with Crippen molar-refractivity contribution in [2.24, 2.45) is 0 Å². The van der Waals surface area contributed by atoms with E-state index in [1.165, 1.54) is 9.47 Å². The fourth-order valence-electron chi connectivity index (χ4n) is 6.56. The molecule has 2 aliphatic heterocycles. The van der Waals surface area contributed by atoms with Crippen molar-refractivity contribution in [3.8, 4) is 0 Å². The quantitative estimate of drug-likeness (QED) is 0.202. The summed E-state index contributed by atoms with van der Waals surface area (Å²) in [5.41, 5.74) is -1.33. The molecular weight excluding hydrogens is 650 g/mol. The maximum Gasteiger partial charge on any atom is 0.419 e. The van der Waals surface area contributed by atoms with Crippen LogP contribution in [-0.2, 0) is 23.5 Å². The molecular formula is C36H34F6N4O3. The molecule has 1 fully saturated rings. The number of carbonyl (C=O) groups is 2. The Bertz CT molecular complexity index is 1880. The number of aromatic nitrogens is 2. The van der Waals surface area contributed by atoms with Crippen LogP contribution in [0.4, 0.5) is 31.1 Å². The number of alkyl halides is 6. The average molecular weight is 685 g/mol.